The molecule has 1 unspecified atom stereocenters. The number of carbonyl (C=O) groups excluding carboxylic acids is 1. The number of hydrogen-bond acceptors (Lipinski definition) is 5. The van der Waals surface area contributed by atoms with Crippen molar-refractivity contribution in [3.8, 4) is 0 Å². The van der Waals surface area contributed by atoms with Gasteiger partial charge >= 0.3 is 0 Å². The van der Waals surface area contributed by atoms with Crippen LogP contribution in [0, 0.1) is 17.0 Å². The van der Waals surface area contributed by atoms with E-state index in [1.807, 2.05) is 4.90 Å². The topological polar surface area (TPSA) is 78.7 Å². The van der Waals surface area contributed by atoms with E-state index >= 15 is 0 Å². The summed E-state index contributed by atoms with van der Waals surface area (Å²) in [7, 11) is 3.46. The Morgan fingerprint density at radius 3 is 2.76 bits per heavy atom. The maximum Gasteiger partial charge on any atom is 0.272 e. The number of hydrogen-bond donors (Lipinski definition) is 1. The molecule has 1 saturated heterocycles. The predicted molar refractivity (Wildman–Crippen MR) is 80.5 cm³/mol. The number of nitro benzene ring substituents is 1. The Morgan fingerprint density at radius 1 is 1.48 bits per heavy atom. The van der Waals surface area contributed by atoms with E-state index in [1.54, 1.807) is 38.1 Å². The predicted octanol–water partition coefficient (Wildman–Crippen LogP) is 0.770. The molecule has 1 heterocycles. The first-order valence-electron chi connectivity index (χ1n) is 6.85. The number of nitrogens with zero attached hydrogens (tertiary/aromatic N) is 3. The van der Waals surface area contributed by atoms with Crippen molar-refractivity contribution in [3.63, 3.8) is 0 Å². The first kappa shape index (κ1) is 15.2. The van der Waals surface area contributed by atoms with Crippen molar-refractivity contribution in [3.05, 3.63) is 33.9 Å². The number of anilines is 1. The molecule has 1 aromatic rings. The average molecular weight is 292 g/mol. The lowest BCUT2D eigenvalue weighted by atomic mass is 10.1. The molecule has 0 spiro atoms. The molecule has 0 bridgehead atoms. The Labute approximate surface area is 123 Å². The maximum absolute atomic E-state index is 12.3. The van der Waals surface area contributed by atoms with Crippen LogP contribution in [0.2, 0.25) is 0 Å². The molecular formula is C14H20N4O3. The van der Waals surface area contributed by atoms with Crippen molar-refractivity contribution in [1.29, 1.82) is 0 Å². The molecule has 21 heavy (non-hydrogen) atoms. The van der Waals surface area contributed by atoms with Crippen molar-refractivity contribution in [2.24, 2.45) is 0 Å². The molecule has 7 heteroatoms. The summed E-state index contributed by atoms with van der Waals surface area (Å²) < 4.78 is 0. The standard InChI is InChI=1S/C14H20N4O3/c1-10-8-11(4-5-12(10)18(20)21)17-7-6-15-9-13(17)14(19)16(2)3/h4-5,8,13,15H,6-7,9H2,1-3H3. The molecule has 1 aromatic carbocycles. The molecule has 7 nitrogen and oxygen atoms in total. The fourth-order valence-electron chi connectivity index (χ4n) is 2.56. The summed E-state index contributed by atoms with van der Waals surface area (Å²) >= 11 is 0. The van der Waals surface area contributed by atoms with E-state index < -0.39 is 0 Å². The number of aryl methyl sites for hydroxylation is 1. The van der Waals surface area contributed by atoms with Crippen molar-refractivity contribution in [2.45, 2.75) is 13.0 Å². The van der Waals surface area contributed by atoms with Crippen molar-refractivity contribution in [2.75, 3.05) is 38.6 Å². The van der Waals surface area contributed by atoms with Gasteiger partial charge < -0.3 is 15.1 Å². The highest BCUT2D eigenvalue weighted by atomic mass is 16.6. The van der Waals surface area contributed by atoms with E-state index in [0.717, 1.165) is 12.2 Å². The summed E-state index contributed by atoms with van der Waals surface area (Å²) in [6.07, 6.45) is 0. The van der Waals surface area contributed by atoms with Gasteiger partial charge in [0.25, 0.3) is 5.69 Å². The minimum atomic E-state index is -0.390. The van der Waals surface area contributed by atoms with Crippen molar-refractivity contribution >= 4 is 17.3 Å². The van der Waals surface area contributed by atoms with E-state index in [0.29, 0.717) is 18.7 Å². The third-order valence-electron chi connectivity index (χ3n) is 3.68. The quantitative estimate of drug-likeness (QED) is 0.657. The second-order valence-electron chi connectivity index (χ2n) is 5.37. The summed E-state index contributed by atoms with van der Waals surface area (Å²) in [6.45, 7) is 3.77. The second kappa shape index (κ2) is 6.09. The van der Waals surface area contributed by atoms with Crippen LogP contribution in [0.3, 0.4) is 0 Å². The zero-order chi connectivity index (χ0) is 15.6. The van der Waals surface area contributed by atoms with Gasteiger partial charge in [-0.3, -0.25) is 14.9 Å². The number of nitro groups is 1. The Balaban J connectivity index is 2.31. The lowest BCUT2D eigenvalue weighted by Gasteiger charge is -2.38. The number of nitrogens with one attached hydrogen (secondary N) is 1. The van der Waals surface area contributed by atoms with Gasteiger partial charge in [-0.1, -0.05) is 0 Å². The van der Waals surface area contributed by atoms with Gasteiger partial charge in [0.05, 0.1) is 4.92 Å². The van der Waals surface area contributed by atoms with Crippen LogP contribution >= 0.6 is 0 Å². The minimum Gasteiger partial charge on any atom is -0.357 e. The number of carbonyl (C=O) groups is 1. The molecule has 1 N–H and O–H groups in total. The highest BCUT2D eigenvalue weighted by molar-refractivity contribution is 5.85. The molecule has 114 valence electrons. The van der Waals surface area contributed by atoms with Gasteiger partial charge in [0.15, 0.2) is 0 Å². The fraction of sp³-hybridized carbons (Fsp3) is 0.500. The third-order valence-corrected chi connectivity index (χ3v) is 3.68. The number of amides is 1. The zero-order valence-electron chi connectivity index (χ0n) is 12.5. The molecule has 0 aliphatic carbocycles. The van der Waals surface area contributed by atoms with Gasteiger partial charge in [-0.15, -0.1) is 0 Å². The van der Waals surface area contributed by atoms with Crippen molar-refractivity contribution in [1.82, 2.24) is 10.2 Å². The Morgan fingerprint density at radius 2 is 2.19 bits per heavy atom. The molecule has 0 saturated carbocycles. The number of piperazine rings is 1. The molecule has 2 rings (SSSR count). The zero-order valence-corrected chi connectivity index (χ0v) is 12.5. The highest BCUT2D eigenvalue weighted by Crippen LogP contribution is 2.26. The molecule has 1 amide bonds. The molecular weight excluding hydrogens is 272 g/mol. The van der Waals surface area contributed by atoms with Gasteiger partial charge in [-0.05, 0) is 19.1 Å². The number of likely N-dealkylation sites (N-methyl/N-ethyl adjacent to an activating group) is 1. The lowest BCUT2D eigenvalue weighted by molar-refractivity contribution is -0.385. The minimum absolute atomic E-state index is 0.0261. The van der Waals surface area contributed by atoms with Crippen molar-refractivity contribution < 1.29 is 9.72 Å². The van der Waals surface area contributed by atoms with E-state index in [2.05, 4.69) is 5.32 Å². The second-order valence-corrected chi connectivity index (χ2v) is 5.37. The van der Waals surface area contributed by atoms with Crippen LogP contribution in [0.25, 0.3) is 0 Å². The lowest BCUT2D eigenvalue weighted by Crippen LogP contribution is -2.57. The summed E-state index contributed by atoms with van der Waals surface area (Å²) in [5, 5.41) is 14.1. The fourth-order valence-corrected chi connectivity index (χ4v) is 2.56. The smallest absolute Gasteiger partial charge is 0.272 e. The first-order valence-corrected chi connectivity index (χ1v) is 6.85. The molecule has 0 aromatic heterocycles. The Hall–Kier alpha value is -2.15. The van der Waals surface area contributed by atoms with Crippen LogP contribution in [0.1, 0.15) is 5.56 Å². The highest BCUT2D eigenvalue weighted by Gasteiger charge is 2.30. The summed E-state index contributed by atoms with van der Waals surface area (Å²) in [5.41, 5.74) is 1.55. The summed E-state index contributed by atoms with van der Waals surface area (Å²) in [4.78, 5) is 26.4. The normalized spacial score (nSPS) is 18.4. The molecule has 1 atom stereocenters. The SMILES string of the molecule is Cc1cc(N2CCNCC2C(=O)N(C)C)ccc1[N+](=O)[O-]. The van der Waals surface area contributed by atoms with Gasteiger partial charge in [0.1, 0.15) is 6.04 Å². The van der Waals surface area contributed by atoms with E-state index in [4.69, 9.17) is 0 Å². The molecule has 1 fully saturated rings. The van der Waals surface area contributed by atoms with Crippen LogP contribution in [-0.2, 0) is 4.79 Å². The van der Waals surface area contributed by atoms with Crippen LogP contribution in [-0.4, -0.2) is 55.5 Å². The molecule has 1 aliphatic rings. The summed E-state index contributed by atoms with van der Waals surface area (Å²) in [6, 6.07) is 4.71. The monoisotopic (exact) mass is 292 g/mol. The molecule has 1 aliphatic heterocycles. The van der Waals surface area contributed by atoms with Crippen LogP contribution in [0.4, 0.5) is 11.4 Å². The number of rotatable bonds is 3. The third kappa shape index (κ3) is 3.13. The van der Waals surface area contributed by atoms with E-state index in [-0.39, 0.29) is 22.6 Å². The van der Waals surface area contributed by atoms with Gasteiger partial charge in [-0.25, -0.2) is 0 Å². The van der Waals surface area contributed by atoms with Crippen LogP contribution < -0.4 is 10.2 Å². The summed E-state index contributed by atoms with van der Waals surface area (Å²) in [5.74, 6) is 0.0261. The Bertz CT molecular complexity index is 559. The van der Waals surface area contributed by atoms with Crippen LogP contribution in [0.15, 0.2) is 18.2 Å². The van der Waals surface area contributed by atoms with E-state index in [9.17, 15) is 14.9 Å². The molecule has 0 radical (unpaired) electrons. The van der Waals surface area contributed by atoms with Gasteiger partial charge in [0.2, 0.25) is 5.91 Å². The maximum atomic E-state index is 12.3. The van der Waals surface area contributed by atoms with E-state index in [1.165, 1.54) is 6.07 Å². The van der Waals surface area contributed by atoms with Gasteiger partial charge in [0, 0.05) is 51.0 Å². The Kier molecular flexibility index (Phi) is 4.42. The van der Waals surface area contributed by atoms with Crippen LogP contribution in [0.5, 0.6) is 0 Å². The average Bonchev–Trinajstić information content (AvgIpc) is 2.45. The first-order chi connectivity index (χ1) is 9.91. The largest absolute Gasteiger partial charge is 0.357 e. The number of benzene rings is 1. The van der Waals surface area contributed by atoms with Gasteiger partial charge in [-0.2, -0.15) is 0 Å².